The first kappa shape index (κ1) is 17.0. The van der Waals surface area contributed by atoms with Crippen LogP contribution in [0.3, 0.4) is 0 Å². The van der Waals surface area contributed by atoms with Gasteiger partial charge in [-0.2, -0.15) is 0 Å². The molecule has 0 aromatic heterocycles. The van der Waals surface area contributed by atoms with E-state index in [-0.39, 0.29) is 18.3 Å². The lowest BCUT2D eigenvalue weighted by atomic mass is 9.85. The Labute approximate surface area is 128 Å². The molecule has 1 N–H and O–H groups in total. The average Bonchev–Trinajstić information content (AvgIpc) is 2.39. The first-order chi connectivity index (χ1) is 9.29. The lowest BCUT2D eigenvalue weighted by Crippen LogP contribution is -2.38. The van der Waals surface area contributed by atoms with Crippen molar-refractivity contribution in [3.05, 3.63) is 35.9 Å². The third-order valence-corrected chi connectivity index (χ3v) is 3.86. The number of halogens is 1. The van der Waals surface area contributed by atoms with E-state index >= 15 is 0 Å². The first-order valence-corrected chi connectivity index (χ1v) is 7.26. The van der Waals surface area contributed by atoms with E-state index in [9.17, 15) is 4.79 Å². The van der Waals surface area contributed by atoms with Crippen LogP contribution in [0.4, 0.5) is 0 Å². The van der Waals surface area contributed by atoms with Crippen molar-refractivity contribution in [2.45, 2.75) is 32.2 Å². The second-order valence-corrected chi connectivity index (χ2v) is 5.41. The molecule has 1 amide bonds. The molecular weight excluding hydrogens is 272 g/mol. The summed E-state index contributed by atoms with van der Waals surface area (Å²) < 4.78 is 0. The zero-order valence-electron chi connectivity index (χ0n) is 12.2. The molecule has 1 fully saturated rings. The minimum absolute atomic E-state index is 0. The predicted octanol–water partition coefficient (Wildman–Crippen LogP) is 2.85. The molecule has 2 rings (SSSR count). The van der Waals surface area contributed by atoms with Gasteiger partial charge in [-0.3, -0.25) is 4.79 Å². The summed E-state index contributed by atoms with van der Waals surface area (Å²) in [6, 6.07) is 10.3. The van der Waals surface area contributed by atoms with E-state index in [1.165, 1.54) is 24.8 Å². The summed E-state index contributed by atoms with van der Waals surface area (Å²) in [5.74, 6) is 0.993. The fourth-order valence-electron chi connectivity index (χ4n) is 2.44. The molecule has 112 valence electrons. The molecule has 0 bridgehead atoms. The second kappa shape index (κ2) is 8.98. The topological polar surface area (TPSA) is 32.3 Å². The van der Waals surface area contributed by atoms with Crippen molar-refractivity contribution in [1.29, 1.82) is 0 Å². The molecule has 0 unspecified atom stereocenters. The Morgan fingerprint density at radius 2 is 2.00 bits per heavy atom. The Morgan fingerprint density at radius 1 is 1.30 bits per heavy atom. The number of nitrogens with zero attached hydrogens (tertiary/aromatic N) is 1. The fourth-order valence-corrected chi connectivity index (χ4v) is 2.44. The quantitative estimate of drug-likeness (QED) is 0.839. The molecule has 1 aromatic rings. The van der Waals surface area contributed by atoms with E-state index in [2.05, 4.69) is 17.4 Å². The number of nitrogens with one attached hydrogen (secondary N) is 1. The monoisotopic (exact) mass is 296 g/mol. The van der Waals surface area contributed by atoms with Crippen molar-refractivity contribution in [3.63, 3.8) is 0 Å². The van der Waals surface area contributed by atoms with Crippen LogP contribution in [0.5, 0.6) is 0 Å². The minimum Gasteiger partial charge on any atom is -0.338 e. The molecule has 20 heavy (non-hydrogen) atoms. The molecule has 0 radical (unpaired) electrons. The summed E-state index contributed by atoms with van der Waals surface area (Å²) in [4.78, 5) is 14.3. The molecular formula is C16H25ClN2O. The van der Waals surface area contributed by atoms with Crippen molar-refractivity contribution in [1.82, 2.24) is 10.2 Å². The third kappa shape index (κ3) is 5.14. The molecule has 1 aromatic carbocycles. The number of rotatable bonds is 7. The SMILES string of the molecule is CNCCC(=O)N(Cc1ccccc1)CC1CCC1.Cl. The second-order valence-electron chi connectivity index (χ2n) is 5.41. The van der Waals surface area contributed by atoms with Crippen molar-refractivity contribution in [3.8, 4) is 0 Å². The molecule has 1 aliphatic carbocycles. The van der Waals surface area contributed by atoms with Crippen molar-refractivity contribution < 1.29 is 4.79 Å². The molecule has 0 atom stereocenters. The van der Waals surface area contributed by atoms with Crippen LogP contribution in [0, 0.1) is 5.92 Å². The van der Waals surface area contributed by atoms with E-state index in [1.807, 2.05) is 30.1 Å². The Hall–Kier alpha value is -1.06. The lowest BCUT2D eigenvalue weighted by Gasteiger charge is -2.32. The molecule has 3 nitrogen and oxygen atoms in total. The van der Waals surface area contributed by atoms with Gasteiger partial charge in [-0.1, -0.05) is 36.8 Å². The normalized spacial score (nSPS) is 14.2. The van der Waals surface area contributed by atoms with Crippen molar-refractivity contribution >= 4 is 18.3 Å². The highest BCUT2D eigenvalue weighted by Gasteiger charge is 2.23. The van der Waals surface area contributed by atoms with Gasteiger partial charge in [0.1, 0.15) is 0 Å². The summed E-state index contributed by atoms with van der Waals surface area (Å²) in [5.41, 5.74) is 1.22. The van der Waals surface area contributed by atoms with Gasteiger partial charge in [0, 0.05) is 26.1 Å². The van der Waals surface area contributed by atoms with Gasteiger partial charge in [0.2, 0.25) is 5.91 Å². The minimum atomic E-state index is 0. The smallest absolute Gasteiger partial charge is 0.224 e. The van der Waals surface area contributed by atoms with Crippen LogP contribution in [0.15, 0.2) is 30.3 Å². The van der Waals surface area contributed by atoms with Gasteiger partial charge >= 0.3 is 0 Å². The number of hydrogen-bond donors (Lipinski definition) is 1. The zero-order valence-corrected chi connectivity index (χ0v) is 13.0. The summed E-state index contributed by atoms with van der Waals surface area (Å²) >= 11 is 0. The number of carbonyl (C=O) groups excluding carboxylic acids is 1. The predicted molar refractivity (Wildman–Crippen MR) is 85.0 cm³/mol. The highest BCUT2D eigenvalue weighted by molar-refractivity contribution is 5.85. The third-order valence-electron chi connectivity index (χ3n) is 3.86. The number of benzene rings is 1. The standard InChI is InChI=1S/C16H24N2O.ClH/c1-17-11-10-16(19)18(13-15-8-5-9-15)12-14-6-3-2-4-7-14;/h2-4,6-7,15,17H,5,8-13H2,1H3;1H. The zero-order chi connectivity index (χ0) is 13.5. The lowest BCUT2D eigenvalue weighted by molar-refractivity contribution is -0.132. The van der Waals surface area contributed by atoms with Crippen LogP contribution < -0.4 is 5.32 Å². The molecule has 1 aliphatic rings. The number of hydrogen-bond acceptors (Lipinski definition) is 2. The van der Waals surface area contributed by atoms with Crippen LogP contribution in [-0.2, 0) is 11.3 Å². The maximum absolute atomic E-state index is 12.3. The fraction of sp³-hybridized carbons (Fsp3) is 0.562. The van der Waals surface area contributed by atoms with Crippen LogP contribution in [0.1, 0.15) is 31.2 Å². The Morgan fingerprint density at radius 3 is 2.55 bits per heavy atom. The molecule has 4 heteroatoms. The molecule has 0 saturated heterocycles. The van der Waals surface area contributed by atoms with Gasteiger partial charge in [-0.05, 0) is 31.4 Å². The van der Waals surface area contributed by atoms with Gasteiger partial charge in [0.25, 0.3) is 0 Å². The number of amides is 1. The highest BCUT2D eigenvalue weighted by atomic mass is 35.5. The van der Waals surface area contributed by atoms with E-state index in [0.717, 1.165) is 25.6 Å². The van der Waals surface area contributed by atoms with E-state index in [1.54, 1.807) is 0 Å². The van der Waals surface area contributed by atoms with Crippen LogP contribution in [0.25, 0.3) is 0 Å². The van der Waals surface area contributed by atoms with Gasteiger partial charge in [0.05, 0.1) is 0 Å². The summed E-state index contributed by atoms with van der Waals surface area (Å²) in [6.45, 7) is 2.44. The van der Waals surface area contributed by atoms with Gasteiger partial charge in [0.15, 0.2) is 0 Å². The van der Waals surface area contributed by atoms with Crippen LogP contribution in [0.2, 0.25) is 0 Å². The van der Waals surface area contributed by atoms with E-state index in [4.69, 9.17) is 0 Å². The Balaban J connectivity index is 0.00000200. The van der Waals surface area contributed by atoms with Gasteiger partial charge < -0.3 is 10.2 Å². The van der Waals surface area contributed by atoms with Crippen molar-refractivity contribution in [2.24, 2.45) is 5.92 Å². The summed E-state index contributed by atoms with van der Waals surface area (Å²) in [6.07, 6.45) is 4.49. The highest BCUT2D eigenvalue weighted by Crippen LogP contribution is 2.27. The van der Waals surface area contributed by atoms with E-state index in [0.29, 0.717) is 6.42 Å². The Kier molecular flexibility index (Phi) is 7.63. The maximum Gasteiger partial charge on any atom is 0.224 e. The summed E-state index contributed by atoms with van der Waals surface area (Å²) in [7, 11) is 1.89. The van der Waals surface area contributed by atoms with Gasteiger partial charge in [-0.25, -0.2) is 0 Å². The van der Waals surface area contributed by atoms with Crippen molar-refractivity contribution in [2.75, 3.05) is 20.1 Å². The van der Waals surface area contributed by atoms with Crippen LogP contribution in [-0.4, -0.2) is 30.9 Å². The maximum atomic E-state index is 12.3. The first-order valence-electron chi connectivity index (χ1n) is 7.26. The Bertz CT molecular complexity index is 393. The molecule has 0 spiro atoms. The van der Waals surface area contributed by atoms with E-state index < -0.39 is 0 Å². The largest absolute Gasteiger partial charge is 0.338 e. The average molecular weight is 297 g/mol. The number of carbonyl (C=O) groups is 1. The molecule has 0 aliphatic heterocycles. The summed E-state index contributed by atoms with van der Waals surface area (Å²) in [5, 5.41) is 3.05. The van der Waals surface area contributed by atoms with Crippen LogP contribution >= 0.6 is 12.4 Å². The van der Waals surface area contributed by atoms with Gasteiger partial charge in [-0.15, -0.1) is 12.4 Å². The molecule has 0 heterocycles. The molecule has 1 saturated carbocycles.